The van der Waals surface area contributed by atoms with E-state index in [4.69, 9.17) is 5.73 Å². The van der Waals surface area contributed by atoms with Gasteiger partial charge in [0.25, 0.3) is 0 Å². The Morgan fingerprint density at radius 1 is 1.41 bits per heavy atom. The van der Waals surface area contributed by atoms with Crippen molar-refractivity contribution in [1.82, 2.24) is 10.2 Å². The molecule has 0 aromatic carbocycles. The van der Waals surface area contributed by atoms with Crippen LogP contribution in [0.15, 0.2) is 0 Å². The lowest BCUT2D eigenvalue weighted by atomic mass is 9.93. The highest BCUT2D eigenvalue weighted by Crippen LogP contribution is 2.19. The van der Waals surface area contributed by atoms with E-state index in [1.165, 1.54) is 25.9 Å². The van der Waals surface area contributed by atoms with Gasteiger partial charge in [0.2, 0.25) is 5.91 Å². The standard InChI is InChI=1S/C13H27N3O/c1-4-16-9-6-11(7-10-16)5-8-15-12(17)13(2,3)14/h11H,4-10,14H2,1-3H3,(H,15,17). The summed E-state index contributed by atoms with van der Waals surface area (Å²) in [5.74, 6) is 0.711. The van der Waals surface area contributed by atoms with Gasteiger partial charge < -0.3 is 16.0 Å². The van der Waals surface area contributed by atoms with Crippen molar-refractivity contribution in [2.75, 3.05) is 26.2 Å². The first-order valence-corrected chi connectivity index (χ1v) is 6.73. The molecule has 0 aliphatic carbocycles. The van der Waals surface area contributed by atoms with Crippen molar-refractivity contribution < 1.29 is 4.79 Å². The Bertz CT molecular complexity index is 240. The summed E-state index contributed by atoms with van der Waals surface area (Å²) in [7, 11) is 0. The SMILES string of the molecule is CCN1CCC(CCNC(=O)C(C)(C)N)CC1. The van der Waals surface area contributed by atoms with Crippen molar-refractivity contribution in [3.63, 3.8) is 0 Å². The van der Waals surface area contributed by atoms with Gasteiger partial charge in [0.15, 0.2) is 0 Å². The molecule has 1 aliphatic rings. The Hall–Kier alpha value is -0.610. The Labute approximate surface area is 105 Å². The van der Waals surface area contributed by atoms with Crippen molar-refractivity contribution in [3.05, 3.63) is 0 Å². The van der Waals surface area contributed by atoms with Crippen LogP contribution in [-0.2, 0) is 4.79 Å². The molecule has 1 heterocycles. The summed E-state index contributed by atoms with van der Waals surface area (Å²) in [4.78, 5) is 14.0. The van der Waals surface area contributed by atoms with E-state index < -0.39 is 5.54 Å². The Morgan fingerprint density at radius 3 is 2.47 bits per heavy atom. The van der Waals surface area contributed by atoms with Gasteiger partial charge in [-0.3, -0.25) is 4.79 Å². The molecule has 1 fully saturated rings. The van der Waals surface area contributed by atoms with Crippen molar-refractivity contribution in [3.8, 4) is 0 Å². The number of rotatable bonds is 5. The maximum absolute atomic E-state index is 11.6. The second-order valence-electron chi connectivity index (χ2n) is 5.64. The zero-order valence-corrected chi connectivity index (χ0v) is 11.5. The first-order chi connectivity index (χ1) is 7.93. The number of carbonyl (C=O) groups excluding carboxylic acids is 1. The Kier molecular flexibility index (Phi) is 5.40. The molecule has 1 rings (SSSR count). The number of nitrogens with one attached hydrogen (secondary N) is 1. The minimum atomic E-state index is -0.758. The second kappa shape index (κ2) is 6.36. The number of carbonyl (C=O) groups is 1. The topological polar surface area (TPSA) is 58.4 Å². The quantitative estimate of drug-likeness (QED) is 0.754. The van der Waals surface area contributed by atoms with Crippen LogP contribution in [0.2, 0.25) is 0 Å². The number of hydrogen-bond donors (Lipinski definition) is 2. The second-order valence-corrected chi connectivity index (χ2v) is 5.64. The fourth-order valence-electron chi connectivity index (χ4n) is 2.21. The fraction of sp³-hybridized carbons (Fsp3) is 0.923. The average molecular weight is 241 g/mol. The molecule has 0 unspecified atom stereocenters. The van der Waals surface area contributed by atoms with E-state index in [-0.39, 0.29) is 5.91 Å². The van der Waals surface area contributed by atoms with Crippen LogP contribution in [0.4, 0.5) is 0 Å². The summed E-state index contributed by atoms with van der Waals surface area (Å²) in [5.41, 5.74) is 4.96. The number of nitrogens with two attached hydrogens (primary N) is 1. The van der Waals surface area contributed by atoms with Crippen LogP contribution in [0.5, 0.6) is 0 Å². The number of likely N-dealkylation sites (tertiary alicyclic amines) is 1. The van der Waals surface area contributed by atoms with Crippen molar-refractivity contribution >= 4 is 5.91 Å². The van der Waals surface area contributed by atoms with Crippen molar-refractivity contribution in [2.24, 2.45) is 11.7 Å². The maximum atomic E-state index is 11.6. The zero-order valence-electron chi connectivity index (χ0n) is 11.5. The van der Waals surface area contributed by atoms with Gasteiger partial charge in [-0.05, 0) is 58.7 Å². The van der Waals surface area contributed by atoms with Crippen LogP contribution < -0.4 is 11.1 Å². The predicted octanol–water partition coefficient (Wildman–Crippen LogP) is 0.962. The monoisotopic (exact) mass is 241 g/mol. The van der Waals surface area contributed by atoms with Gasteiger partial charge in [-0.25, -0.2) is 0 Å². The molecule has 1 amide bonds. The number of amides is 1. The summed E-state index contributed by atoms with van der Waals surface area (Å²) in [6.07, 6.45) is 3.60. The van der Waals surface area contributed by atoms with Crippen LogP contribution in [0.1, 0.15) is 40.0 Å². The van der Waals surface area contributed by atoms with Crippen LogP contribution in [0.25, 0.3) is 0 Å². The van der Waals surface area contributed by atoms with Gasteiger partial charge in [-0.15, -0.1) is 0 Å². The molecule has 100 valence electrons. The average Bonchev–Trinajstić information content (AvgIpc) is 2.28. The molecule has 0 aromatic heterocycles. The highest BCUT2D eigenvalue weighted by molar-refractivity contribution is 5.84. The zero-order chi connectivity index (χ0) is 12.9. The molecule has 17 heavy (non-hydrogen) atoms. The minimum absolute atomic E-state index is 0.0523. The first kappa shape index (κ1) is 14.5. The van der Waals surface area contributed by atoms with Crippen molar-refractivity contribution in [1.29, 1.82) is 0 Å². The number of nitrogens with zero attached hydrogens (tertiary/aromatic N) is 1. The van der Waals surface area contributed by atoms with E-state index in [1.54, 1.807) is 13.8 Å². The van der Waals surface area contributed by atoms with Crippen LogP contribution >= 0.6 is 0 Å². The molecular formula is C13H27N3O. The van der Waals surface area contributed by atoms with Crippen LogP contribution in [0.3, 0.4) is 0 Å². The molecule has 0 atom stereocenters. The summed E-state index contributed by atoms with van der Waals surface area (Å²) in [6.45, 7) is 10.0. The summed E-state index contributed by atoms with van der Waals surface area (Å²) >= 11 is 0. The lowest BCUT2D eigenvalue weighted by molar-refractivity contribution is -0.125. The van der Waals surface area contributed by atoms with Gasteiger partial charge in [0.1, 0.15) is 0 Å². The molecule has 0 aromatic rings. The van der Waals surface area contributed by atoms with E-state index >= 15 is 0 Å². The summed E-state index contributed by atoms with van der Waals surface area (Å²) in [5, 5.41) is 2.92. The fourth-order valence-corrected chi connectivity index (χ4v) is 2.21. The Balaban J connectivity index is 2.14. The molecule has 0 saturated carbocycles. The van der Waals surface area contributed by atoms with Gasteiger partial charge in [-0.2, -0.15) is 0 Å². The molecule has 0 bridgehead atoms. The molecule has 3 N–H and O–H groups in total. The molecule has 1 saturated heterocycles. The van der Waals surface area contributed by atoms with E-state index in [9.17, 15) is 4.79 Å². The van der Waals surface area contributed by atoms with Gasteiger partial charge in [0, 0.05) is 6.54 Å². The molecule has 1 aliphatic heterocycles. The van der Waals surface area contributed by atoms with E-state index in [0.717, 1.165) is 25.4 Å². The van der Waals surface area contributed by atoms with E-state index in [2.05, 4.69) is 17.1 Å². The highest BCUT2D eigenvalue weighted by atomic mass is 16.2. The van der Waals surface area contributed by atoms with Crippen LogP contribution in [-0.4, -0.2) is 42.5 Å². The number of hydrogen-bond acceptors (Lipinski definition) is 3. The minimum Gasteiger partial charge on any atom is -0.355 e. The van der Waals surface area contributed by atoms with Crippen LogP contribution in [0, 0.1) is 5.92 Å². The molecule has 0 radical (unpaired) electrons. The van der Waals surface area contributed by atoms with Gasteiger partial charge in [0.05, 0.1) is 5.54 Å². The van der Waals surface area contributed by atoms with E-state index in [0.29, 0.717) is 0 Å². The third-order valence-electron chi connectivity index (χ3n) is 3.58. The molecule has 4 heteroatoms. The molecule has 4 nitrogen and oxygen atoms in total. The number of piperidine rings is 1. The largest absolute Gasteiger partial charge is 0.355 e. The smallest absolute Gasteiger partial charge is 0.239 e. The van der Waals surface area contributed by atoms with Crippen molar-refractivity contribution in [2.45, 2.75) is 45.6 Å². The predicted molar refractivity (Wildman–Crippen MR) is 70.7 cm³/mol. The summed E-state index contributed by atoms with van der Waals surface area (Å²) < 4.78 is 0. The van der Waals surface area contributed by atoms with Gasteiger partial charge in [-0.1, -0.05) is 6.92 Å². The third-order valence-corrected chi connectivity index (χ3v) is 3.58. The van der Waals surface area contributed by atoms with E-state index in [1.807, 2.05) is 0 Å². The molecular weight excluding hydrogens is 214 g/mol. The molecule has 0 spiro atoms. The highest BCUT2D eigenvalue weighted by Gasteiger charge is 2.22. The summed E-state index contributed by atoms with van der Waals surface area (Å²) in [6, 6.07) is 0. The van der Waals surface area contributed by atoms with Gasteiger partial charge >= 0.3 is 0 Å². The normalized spacial score (nSPS) is 19.3. The lowest BCUT2D eigenvalue weighted by Gasteiger charge is -2.31. The Morgan fingerprint density at radius 2 is 2.00 bits per heavy atom. The maximum Gasteiger partial charge on any atom is 0.239 e. The lowest BCUT2D eigenvalue weighted by Crippen LogP contribution is -2.49. The first-order valence-electron chi connectivity index (χ1n) is 6.73. The third kappa shape index (κ3) is 5.04.